The number of carboxylic acid groups (broad SMARTS) is 1. The molecule has 0 heterocycles. The molecule has 0 bridgehead atoms. The zero-order valence-corrected chi connectivity index (χ0v) is 14.7. The van der Waals surface area contributed by atoms with Crippen molar-refractivity contribution in [3.05, 3.63) is 65.2 Å². The summed E-state index contributed by atoms with van der Waals surface area (Å²) in [6.07, 6.45) is -3.78. The van der Waals surface area contributed by atoms with Crippen LogP contribution in [-0.2, 0) is 11.2 Å². The number of rotatable bonds is 7. The van der Waals surface area contributed by atoms with Crippen LogP contribution in [0.1, 0.15) is 33.8 Å². The van der Waals surface area contributed by atoms with Crippen molar-refractivity contribution in [3.63, 3.8) is 0 Å². The van der Waals surface area contributed by atoms with E-state index in [1.165, 1.54) is 24.3 Å². The van der Waals surface area contributed by atoms with E-state index < -0.39 is 12.3 Å². The zero-order valence-electron chi connectivity index (χ0n) is 14.7. The molecule has 2 aromatic carbocycles. The minimum Gasteiger partial charge on any atom is -0.478 e. The highest BCUT2D eigenvalue weighted by molar-refractivity contribution is 5.87. The Balaban J connectivity index is 1.52. The van der Waals surface area contributed by atoms with Crippen molar-refractivity contribution in [2.75, 3.05) is 6.54 Å². The fourth-order valence-electron chi connectivity index (χ4n) is 3.11. The molecule has 3 rings (SSSR count). The Kier molecular flexibility index (Phi) is 5.58. The van der Waals surface area contributed by atoms with Crippen LogP contribution in [0.3, 0.4) is 0 Å². The molecule has 1 fully saturated rings. The highest BCUT2D eigenvalue weighted by Crippen LogP contribution is 2.50. The van der Waals surface area contributed by atoms with Gasteiger partial charge in [0.15, 0.2) is 0 Å². The lowest BCUT2D eigenvalue weighted by molar-refractivity contribution is -0.274. The first-order valence-electron chi connectivity index (χ1n) is 8.69. The average Bonchev–Trinajstić information content (AvgIpc) is 3.42. The van der Waals surface area contributed by atoms with Gasteiger partial charge in [-0.05, 0) is 48.1 Å². The topological polar surface area (TPSA) is 75.6 Å². The van der Waals surface area contributed by atoms with E-state index in [1.54, 1.807) is 24.3 Å². The Morgan fingerprint density at radius 3 is 2.43 bits per heavy atom. The third-order valence-electron chi connectivity index (χ3n) is 4.59. The van der Waals surface area contributed by atoms with E-state index in [1.807, 2.05) is 0 Å². The number of hydrogen-bond donors (Lipinski definition) is 2. The number of carbonyl (C=O) groups is 2. The first kappa shape index (κ1) is 19.7. The van der Waals surface area contributed by atoms with Gasteiger partial charge in [-0.2, -0.15) is 0 Å². The molecule has 28 heavy (non-hydrogen) atoms. The first-order valence-corrected chi connectivity index (χ1v) is 8.69. The van der Waals surface area contributed by atoms with Crippen molar-refractivity contribution < 1.29 is 32.6 Å². The number of aromatic carboxylic acids is 1. The SMILES string of the molecule is O=C(O)c1ccc(CCNC(=O)C2CC2c2ccccc2OC(F)(F)F)cc1. The number of amides is 1. The maximum atomic E-state index is 12.5. The van der Waals surface area contributed by atoms with Crippen LogP contribution >= 0.6 is 0 Å². The minimum absolute atomic E-state index is 0.188. The van der Waals surface area contributed by atoms with Gasteiger partial charge < -0.3 is 15.2 Å². The van der Waals surface area contributed by atoms with E-state index in [-0.39, 0.29) is 29.1 Å². The van der Waals surface area contributed by atoms with Gasteiger partial charge in [0.05, 0.1) is 5.56 Å². The standard InChI is InChI=1S/C20H18F3NO4/c21-20(22,23)28-17-4-2-1-3-14(17)15-11-16(15)18(25)24-10-9-12-5-7-13(8-6-12)19(26)27/h1-8,15-16H,9-11H2,(H,24,25)(H,26,27). The minimum atomic E-state index is -4.78. The number of hydrogen-bond acceptors (Lipinski definition) is 3. The van der Waals surface area contributed by atoms with Crippen LogP contribution in [-0.4, -0.2) is 29.9 Å². The van der Waals surface area contributed by atoms with Gasteiger partial charge in [-0.15, -0.1) is 13.2 Å². The molecular weight excluding hydrogens is 375 g/mol. The molecule has 1 saturated carbocycles. The number of ether oxygens (including phenoxy) is 1. The fraction of sp³-hybridized carbons (Fsp3) is 0.300. The normalized spacial score (nSPS) is 18.4. The molecular formula is C20H18F3NO4. The predicted octanol–water partition coefficient (Wildman–Crippen LogP) is 3.75. The lowest BCUT2D eigenvalue weighted by atomic mass is 10.1. The molecule has 0 radical (unpaired) electrons. The molecule has 5 nitrogen and oxygen atoms in total. The highest BCUT2D eigenvalue weighted by atomic mass is 19.4. The molecule has 0 aromatic heterocycles. The monoisotopic (exact) mass is 393 g/mol. The van der Waals surface area contributed by atoms with E-state index in [9.17, 15) is 22.8 Å². The van der Waals surface area contributed by atoms with Gasteiger partial charge in [-0.3, -0.25) is 4.79 Å². The van der Waals surface area contributed by atoms with Gasteiger partial charge in [0, 0.05) is 12.5 Å². The number of halogens is 3. The van der Waals surface area contributed by atoms with Crippen LogP contribution < -0.4 is 10.1 Å². The number of alkyl halides is 3. The summed E-state index contributed by atoms with van der Waals surface area (Å²) in [4.78, 5) is 23.1. The molecule has 0 aliphatic heterocycles. The Labute approximate surface area is 159 Å². The van der Waals surface area contributed by atoms with E-state index >= 15 is 0 Å². The summed E-state index contributed by atoms with van der Waals surface area (Å²) in [7, 11) is 0. The Morgan fingerprint density at radius 1 is 1.11 bits per heavy atom. The predicted molar refractivity (Wildman–Crippen MR) is 94.1 cm³/mol. The van der Waals surface area contributed by atoms with Crippen molar-refractivity contribution in [2.24, 2.45) is 5.92 Å². The summed E-state index contributed by atoms with van der Waals surface area (Å²) in [5.41, 5.74) is 1.44. The van der Waals surface area contributed by atoms with Gasteiger partial charge >= 0.3 is 12.3 Å². The molecule has 148 valence electrons. The second-order valence-corrected chi connectivity index (χ2v) is 6.58. The Bertz CT molecular complexity index is 864. The van der Waals surface area contributed by atoms with Crippen LogP contribution in [0.15, 0.2) is 48.5 Å². The summed E-state index contributed by atoms with van der Waals surface area (Å²) in [6.45, 7) is 0.356. The molecule has 0 saturated heterocycles. The van der Waals surface area contributed by atoms with Gasteiger partial charge in [-0.25, -0.2) is 4.79 Å². The molecule has 8 heteroatoms. The fourth-order valence-corrected chi connectivity index (χ4v) is 3.11. The van der Waals surface area contributed by atoms with Crippen molar-refractivity contribution in [2.45, 2.75) is 25.1 Å². The summed E-state index contributed by atoms with van der Waals surface area (Å²) >= 11 is 0. The van der Waals surface area contributed by atoms with Crippen molar-refractivity contribution in [1.29, 1.82) is 0 Å². The van der Waals surface area contributed by atoms with E-state index in [2.05, 4.69) is 10.1 Å². The average molecular weight is 393 g/mol. The summed E-state index contributed by atoms with van der Waals surface area (Å²) in [5.74, 6) is -2.17. The summed E-state index contributed by atoms with van der Waals surface area (Å²) in [6, 6.07) is 12.2. The zero-order chi connectivity index (χ0) is 20.3. The van der Waals surface area contributed by atoms with Crippen LogP contribution in [0.4, 0.5) is 13.2 Å². The molecule has 2 atom stereocenters. The maximum absolute atomic E-state index is 12.5. The lowest BCUT2D eigenvalue weighted by Crippen LogP contribution is -2.27. The molecule has 2 aromatic rings. The van der Waals surface area contributed by atoms with Gasteiger partial charge in [0.25, 0.3) is 0 Å². The number of nitrogens with one attached hydrogen (secondary N) is 1. The van der Waals surface area contributed by atoms with Crippen LogP contribution in [0.25, 0.3) is 0 Å². The molecule has 1 aliphatic carbocycles. The van der Waals surface area contributed by atoms with Crippen molar-refractivity contribution in [3.8, 4) is 5.75 Å². The summed E-state index contributed by atoms with van der Waals surface area (Å²) in [5, 5.41) is 11.6. The molecule has 0 spiro atoms. The molecule has 2 N–H and O–H groups in total. The van der Waals surface area contributed by atoms with Crippen LogP contribution in [0.2, 0.25) is 0 Å². The van der Waals surface area contributed by atoms with Gasteiger partial charge in [0.1, 0.15) is 5.75 Å². The highest BCUT2D eigenvalue weighted by Gasteiger charge is 2.46. The molecule has 1 amide bonds. The van der Waals surface area contributed by atoms with E-state index in [0.29, 0.717) is 24.9 Å². The largest absolute Gasteiger partial charge is 0.573 e. The van der Waals surface area contributed by atoms with Crippen molar-refractivity contribution in [1.82, 2.24) is 5.32 Å². The third-order valence-corrected chi connectivity index (χ3v) is 4.59. The smallest absolute Gasteiger partial charge is 0.478 e. The number of carboxylic acids is 1. The second kappa shape index (κ2) is 7.92. The summed E-state index contributed by atoms with van der Waals surface area (Å²) < 4.78 is 41.6. The Morgan fingerprint density at radius 2 is 1.79 bits per heavy atom. The van der Waals surface area contributed by atoms with Crippen LogP contribution in [0.5, 0.6) is 5.75 Å². The second-order valence-electron chi connectivity index (χ2n) is 6.58. The molecule has 2 unspecified atom stereocenters. The number of benzene rings is 2. The quantitative estimate of drug-likeness (QED) is 0.751. The Hall–Kier alpha value is -3.03. The van der Waals surface area contributed by atoms with E-state index in [4.69, 9.17) is 5.11 Å². The third kappa shape index (κ3) is 5.03. The lowest BCUT2D eigenvalue weighted by Gasteiger charge is -2.13. The first-order chi connectivity index (χ1) is 13.2. The number of carbonyl (C=O) groups excluding carboxylic acids is 1. The van der Waals surface area contributed by atoms with Gasteiger partial charge in [0.2, 0.25) is 5.91 Å². The van der Waals surface area contributed by atoms with Crippen LogP contribution in [0, 0.1) is 5.92 Å². The maximum Gasteiger partial charge on any atom is 0.573 e. The number of para-hydroxylation sites is 1. The molecule has 1 aliphatic rings. The van der Waals surface area contributed by atoms with Gasteiger partial charge in [-0.1, -0.05) is 30.3 Å². The van der Waals surface area contributed by atoms with E-state index in [0.717, 1.165) is 5.56 Å². The van der Waals surface area contributed by atoms with Crippen molar-refractivity contribution >= 4 is 11.9 Å².